The van der Waals surface area contributed by atoms with Gasteiger partial charge in [-0.1, -0.05) is 12.1 Å². The lowest BCUT2D eigenvalue weighted by Gasteiger charge is -2.19. The van der Waals surface area contributed by atoms with Gasteiger partial charge in [-0.3, -0.25) is 0 Å². The normalized spacial score (nSPS) is 13.0. The van der Waals surface area contributed by atoms with Crippen molar-refractivity contribution in [1.82, 2.24) is 0 Å². The molecule has 2 aromatic rings. The molecule has 3 rings (SSSR count). The fourth-order valence-corrected chi connectivity index (χ4v) is 2.34. The van der Waals surface area contributed by atoms with Crippen molar-refractivity contribution < 1.29 is 18.7 Å². The number of hydrogen-bond acceptors (Lipinski definition) is 3. The number of esters is 1. The minimum absolute atomic E-state index is 0.282. The molecule has 0 atom stereocenters. The zero-order valence-electron chi connectivity index (χ0n) is 11.4. The SMILES string of the molecule is COC(=O)c1ccc2c(c1)C(c1ccc(F)cc1)=CCO2. The van der Waals surface area contributed by atoms with Crippen LogP contribution in [-0.4, -0.2) is 19.7 Å². The summed E-state index contributed by atoms with van der Waals surface area (Å²) in [5.74, 6) is 0.0150. The Balaban J connectivity index is 2.08. The van der Waals surface area contributed by atoms with Crippen LogP contribution in [0.2, 0.25) is 0 Å². The van der Waals surface area contributed by atoms with Crippen LogP contribution in [0.3, 0.4) is 0 Å². The number of halogens is 1. The van der Waals surface area contributed by atoms with Crippen molar-refractivity contribution in [3.8, 4) is 5.75 Å². The molecule has 0 radical (unpaired) electrons. The van der Waals surface area contributed by atoms with E-state index in [1.165, 1.54) is 19.2 Å². The van der Waals surface area contributed by atoms with Crippen LogP contribution in [-0.2, 0) is 4.74 Å². The summed E-state index contributed by atoms with van der Waals surface area (Å²) in [5.41, 5.74) is 3.05. The Kier molecular flexibility index (Phi) is 3.44. The number of rotatable bonds is 2. The summed E-state index contributed by atoms with van der Waals surface area (Å²) in [4.78, 5) is 11.7. The summed E-state index contributed by atoms with van der Waals surface area (Å²) in [6, 6.07) is 11.4. The average molecular weight is 284 g/mol. The van der Waals surface area contributed by atoms with Crippen LogP contribution in [0.15, 0.2) is 48.5 Å². The van der Waals surface area contributed by atoms with E-state index >= 15 is 0 Å². The second kappa shape index (κ2) is 5.40. The monoisotopic (exact) mass is 284 g/mol. The second-order valence-corrected chi connectivity index (χ2v) is 4.64. The van der Waals surface area contributed by atoms with E-state index in [0.29, 0.717) is 17.9 Å². The van der Waals surface area contributed by atoms with Crippen molar-refractivity contribution in [2.45, 2.75) is 0 Å². The van der Waals surface area contributed by atoms with Gasteiger partial charge in [0.05, 0.1) is 12.7 Å². The molecule has 3 nitrogen and oxygen atoms in total. The van der Waals surface area contributed by atoms with Crippen molar-refractivity contribution in [2.24, 2.45) is 0 Å². The zero-order chi connectivity index (χ0) is 14.8. The highest BCUT2D eigenvalue weighted by molar-refractivity contribution is 5.93. The van der Waals surface area contributed by atoms with E-state index in [4.69, 9.17) is 9.47 Å². The van der Waals surface area contributed by atoms with Gasteiger partial charge in [0.2, 0.25) is 0 Å². The summed E-state index contributed by atoms with van der Waals surface area (Å²) in [6.45, 7) is 0.442. The third-order valence-corrected chi connectivity index (χ3v) is 3.37. The Labute approximate surface area is 121 Å². The molecule has 0 bridgehead atoms. The fourth-order valence-electron chi connectivity index (χ4n) is 2.34. The van der Waals surface area contributed by atoms with Crippen molar-refractivity contribution >= 4 is 11.5 Å². The van der Waals surface area contributed by atoms with Crippen LogP contribution < -0.4 is 4.74 Å². The van der Waals surface area contributed by atoms with Crippen LogP contribution in [0.5, 0.6) is 5.75 Å². The Morgan fingerprint density at radius 3 is 2.67 bits per heavy atom. The molecular formula is C17H13FO3. The number of hydrogen-bond donors (Lipinski definition) is 0. The van der Waals surface area contributed by atoms with Crippen LogP contribution >= 0.6 is 0 Å². The highest BCUT2D eigenvalue weighted by Crippen LogP contribution is 2.35. The van der Waals surface area contributed by atoms with E-state index in [2.05, 4.69) is 0 Å². The molecule has 1 heterocycles. The summed E-state index contributed by atoms with van der Waals surface area (Å²) < 4.78 is 23.4. The van der Waals surface area contributed by atoms with E-state index in [1.54, 1.807) is 30.3 Å². The number of methoxy groups -OCH3 is 1. The highest BCUT2D eigenvalue weighted by atomic mass is 19.1. The van der Waals surface area contributed by atoms with Gasteiger partial charge in [-0.15, -0.1) is 0 Å². The first-order valence-electron chi connectivity index (χ1n) is 6.50. The van der Waals surface area contributed by atoms with Crippen LogP contribution in [0, 0.1) is 5.82 Å². The second-order valence-electron chi connectivity index (χ2n) is 4.64. The van der Waals surface area contributed by atoms with E-state index in [-0.39, 0.29) is 5.82 Å². The first-order valence-corrected chi connectivity index (χ1v) is 6.50. The average Bonchev–Trinajstić information content (AvgIpc) is 2.54. The topological polar surface area (TPSA) is 35.5 Å². The third kappa shape index (κ3) is 2.52. The predicted molar refractivity (Wildman–Crippen MR) is 76.8 cm³/mol. The molecule has 1 aliphatic rings. The van der Waals surface area contributed by atoms with E-state index in [9.17, 15) is 9.18 Å². The molecule has 4 heteroatoms. The zero-order valence-corrected chi connectivity index (χ0v) is 11.4. The van der Waals surface area contributed by atoms with Gasteiger partial charge in [-0.25, -0.2) is 9.18 Å². The van der Waals surface area contributed by atoms with Gasteiger partial charge in [0.25, 0.3) is 0 Å². The molecule has 106 valence electrons. The Bertz CT molecular complexity index is 717. The molecule has 2 aromatic carbocycles. The number of ether oxygens (including phenoxy) is 2. The summed E-state index contributed by atoms with van der Waals surface area (Å²) >= 11 is 0. The number of fused-ring (bicyclic) bond motifs is 1. The maximum atomic E-state index is 13.1. The smallest absolute Gasteiger partial charge is 0.337 e. The Hall–Kier alpha value is -2.62. The molecular weight excluding hydrogens is 271 g/mol. The van der Waals surface area contributed by atoms with Gasteiger partial charge in [0, 0.05) is 5.56 Å². The van der Waals surface area contributed by atoms with Crippen molar-refractivity contribution in [1.29, 1.82) is 0 Å². The van der Waals surface area contributed by atoms with E-state index in [1.807, 2.05) is 6.08 Å². The summed E-state index contributed by atoms with van der Waals surface area (Å²) in [5, 5.41) is 0. The Morgan fingerprint density at radius 2 is 1.95 bits per heavy atom. The number of carbonyl (C=O) groups is 1. The molecule has 0 saturated heterocycles. The van der Waals surface area contributed by atoms with Gasteiger partial charge >= 0.3 is 5.97 Å². The van der Waals surface area contributed by atoms with Crippen LogP contribution in [0.4, 0.5) is 4.39 Å². The molecule has 0 aliphatic carbocycles. The van der Waals surface area contributed by atoms with E-state index < -0.39 is 5.97 Å². The standard InChI is InChI=1S/C17H13FO3/c1-20-17(19)12-4-7-16-15(10-12)14(8-9-21-16)11-2-5-13(18)6-3-11/h2-8,10H,9H2,1H3. The maximum absolute atomic E-state index is 13.1. The third-order valence-electron chi connectivity index (χ3n) is 3.37. The molecule has 0 unspecified atom stereocenters. The van der Waals surface area contributed by atoms with Gasteiger partial charge in [0.15, 0.2) is 0 Å². The van der Waals surface area contributed by atoms with Crippen molar-refractivity contribution in [2.75, 3.05) is 13.7 Å². The van der Waals surface area contributed by atoms with Gasteiger partial charge in [-0.2, -0.15) is 0 Å². The highest BCUT2D eigenvalue weighted by Gasteiger charge is 2.18. The number of carbonyl (C=O) groups excluding carboxylic acids is 1. The van der Waals surface area contributed by atoms with Gasteiger partial charge in [0.1, 0.15) is 18.2 Å². The molecule has 0 aromatic heterocycles. The van der Waals surface area contributed by atoms with Crippen LogP contribution in [0.25, 0.3) is 5.57 Å². The summed E-state index contributed by atoms with van der Waals surface area (Å²) in [6.07, 6.45) is 1.91. The molecule has 1 aliphatic heterocycles. The van der Waals surface area contributed by atoms with Crippen molar-refractivity contribution in [3.63, 3.8) is 0 Å². The first-order chi connectivity index (χ1) is 10.2. The predicted octanol–water partition coefficient (Wildman–Crippen LogP) is 3.44. The first kappa shape index (κ1) is 13.4. The largest absolute Gasteiger partial charge is 0.489 e. The van der Waals surface area contributed by atoms with Gasteiger partial charge in [-0.05, 0) is 47.5 Å². The number of benzene rings is 2. The molecule has 21 heavy (non-hydrogen) atoms. The van der Waals surface area contributed by atoms with Crippen molar-refractivity contribution in [3.05, 3.63) is 71.0 Å². The quantitative estimate of drug-likeness (QED) is 0.792. The fraction of sp³-hybridized carbons (Fsp3) is 0.118. The van der Waals surface area contributed by atoms with E-state index in [0.717, 1.165) is 16.7 Å². The lowest BCUT2D eigenvalue weighted by molar-refractivity contribution is 0.0600. The molecule has 0 fully saturated rings. The Morgan fingerprint density at radius 1 is 1.19 bits per heavy atom. The molecule has 0 amide bonds. The molecule has 0 spiro atoms. The van der Waals surface area contributed by atoms with Crippen LogP contribution in [0.1, 0.15) is 21.5 Å². The lowest BCUT2D eigenvalue weighted by atomic mass is 9.94. The lowest BCUT2D eigenvalue weighted by Crippen LogP contribution is -2.08. The molecule has 0 saturated carbocycles. The molecule has 0 N–H and O–H groups in total. The minimum Gasteiger partial charge on any atom is -0.489 e. The minimum atomic E-state index is -0.401. The summed E-state index contributed by atoms with van der Waals surface area (Å²) in [7, 11) is 1.34. The van der Waals surface area contributed by atoms with Gasteiger partial charge < -0.3 is 9.47 Å². The maximum Gasteiger partial charge on any atom is 0.337 e.